The number of rotatable bonds is 5. The Morgan fingerprint density at radius 2 is 2.07 bits per heavy atom. The van der Waals surface area contributed by atoms with Gasteiger partial charge in [-0.2, -0.15) is 5.10 Å². The highest BCUT2D eigenvalue weighted by Gasteiger charge is 2.19. The number of nitrogens with one attached hydrogen (secondary N) is 1. The smallest absolute Gasteiger partial charge is 0.259 e. The zero-order valence-electron chi connectivity index (χ0n) is 15.4. The van der Waals surface area contributed by atoms with Crippen LogP contribution in [0.4, 0.5) is 4.39 Å². The molecule has 0 saturated carbocycles. The van der Waals surface area contributed by atoms with E-state index < -0.39 is 0 Å². The van der Waals surface area contributed by atoms with E-state index in [1.165, 1.54) is 12.1 Å². The highest BCUT2D eigenvalue weighted by Crippen LogP contribution is 2.27. The summed E-state index contributed by atoms with van der Waals surface area (Å²) >= 11 is 0. The molecule has 7 nitrogen and oxygen atoms in total. The molecule has 0 radical (unpaired) electrons. The molecular weight excluding hydrogens is 361 g/mol. The number of halogens is 1. The van der Waals surface area contributed by atoms with Gasteiger partial charge in [0.05, 0.1) is 28.5 Å². The number of hydrogen-bond acceptors (Lipinski definition) is 5. The molecule has 0 saturated heterocycles. The topological polar surface area (TPSA) is 85.8 Å². The normalized spacial score (nSPS) is 11.1. The minimum atomic E-state index is -0.342. The number of fused-ring (bicyclic) bond motifs is 1. The van der Waals surface area contributed by atoms with E-state index in [9.17, 15) is 9.18 Å². The number of aryl methyl sites for hydroxylation is 2. The molecule has 0 aliphatic heterocycles. The molecule has 0 spiro atoms. The minimum Gasteiger partial charge on any atom is -0.348 e. The van der Waals surface area contributed by atoms with Crippen molar-refractivity contribution >= 4 is 17.0 Å². The van der Waals surface area contributed by atoms with E-state index in [1.54, 1.807) is 36.0 Å². The number of benzene rings is 1. The van der Waals surface area contributed by atoms with Crippen LogP contribution in [0.15, 0.2) is 47.2 Å². The van der Waals surface area contributed by atoms with Gasteiger partial charge in [-0.25, -0.2) is 9.37 Å². The van der Waals surface area contributed by atoms with Crippen molar-refractivity contribution in [2.24, 2.45) is 0 Å². The molecule has 1 amide bonds. The number of nitrogens with zero attached hydrogens (tertiary/aromatic N) is 4. The standard InChI is InChI=1S/C20H18FN5O2/c1-3-26-11-13(10-23-26)9-22-19(27)16-8-17(14-4-6-15(21)7-5-14)24-20-18(16)12(2)25-28-20/h4-8,10-11H,3,9H2,1-2H3,(H,22,27). The monoisotopic (exact) mass is 379 g/mol. The Kier molecular flexibility index (Phi) is 4.60. The van der Waals surface area contributed by atoms with Gasteiger partial charge in [-0.15, -0.1) is 0 Å². The molecule has 1 aromatic carbocycles. The zero-order valence-corrected chi connectivity index (χ0v) is 15.4. The lowest BCUT2D eigenvalue weighted by molar-refractivity contribution is 0.0952. The Bertz CT molecular complexity index is 1150. The molecule has 4 aromatic rings. The van der Waals surface area contributed by atoms with Crippen molar-refractivity contribution in [1.29, 1.82) is 0 Å². The van der Waals surface area contributed by atoms with Crippen molar-refractivity contribution in [3.05, 3.63) is 65.4 Å². The summed E-state index contributed by atoms with van der Waals surface area (Å²) in [5, 5.41) is 11.6. The summed E-state index contributed by atoms with van der Waals surface area (Å²) < 4.78 is 20.3. The van der Waals surface area contributed by atoms with Crippen LogP contribution in [0.3, 0.4) is 0 Å². The van der Waals surface area contributed by atoms with E-state index in [-0.39, 0.29) is 17.4 Å². The summed E-state index contributed by atoms with van der Waals surface area (Å²) in [4.78, 5) is 17.3. The fourth-order valence-corrected chi connectivity index (χ4v) is 2.99. The van der Waals surface area contributed by atoms with Gasteiger partial charge in [0.15, 0.2) is 0 Å². The van der Waals surface area contributed by atoms with E-state index in [2.05, 4.69) is 20.6 Å². The second kappa shape index (κ2) is 7.22. The van der Waals surface area contributed by atoms with Gasteiger partial charge in [0.2, 0.25) is 0 Å². The van der Waals surface area contributed by atoms with Gasteiger partial charge in [-0.1, -0.05) is 5.16 Å². The molecule has 0 aliphatic carbocycles. The Balaban J connectivity index is 1.68. The number of aromatic nitrogens is 4. The molecule has 28 heavy (non-hydrogen) atoms. The first-order chi connectivity index (χ1) is 13.5. The van der Waals surface area contributed by atoms with Crippen LogP contribution in [0.1, 0.15) is 28.5 Å². The van der Waals surface area contributed by atoms with Gasteiger partial charge >= 0.3 is 0 Å². The first kappa shape index (κ1) is 17.8. The summed E-state index contributed by atoms with van der Waals surface area (Å²) in [5.41, 5.74) is 3.34. The van der Waals surface area contributed by atoms with Crippen molar-refractivity contribution in [3.63, 3.8) is 0 Å². The number of amides is 1. The Morgan fingerprint density at radius 3 is 2.79 bits per heavy atom. The summed E-state index contributed by atoms with van der Waals surface area (Å²) in [6, 6.07) is 7.57. The van der Waals surface area contributed by atoms with Crippen molar-refractivity contribution in [2.45, 2.75) is 26.9 Å². The molecule has 4 rings (SSSR count). The lowest BCUT2D eigenvalue weighted by Gasteiger charge is -2.08. The minimum absolute atomic E-state index is 0.267. The Hall–Kier alpha value is -3.55. The largest absolute Gasteiger partial charge is 0.348 e. The molecule has 0 fully saturated rings. The van der Waals surface area contributed by atoms with Crippen LogP contribution in [0.2, 0.25) is 0 Å². The molecular formula is C20H18FN5O2. The van der Waals surface area contributed by atoms with Crippen LogP contribution >= 0.6 is 0 Å². The molecule has 0 unspecified atom stereocenters. The maximum Gasteiger partial charge on any atom is 0.259 e. The Morgan fingerprint density at radius 1 is 1.29 bits per heavy atom. The molecule has 142 valence electrons. The molecule has 3 aromatic heterocycles. The van der Waals surface area contributed by atoms with Gasteiger partial charge in [0.25, 0.3) is 11.6 Å². The lowest BCUT2D eigenvalue weighted by Crippen LogP contribution is -2.23. The molecule has 8 heteroatoms. The summed E-state index contributed by atoms with van der Waals surface area (Å²) in [6.07, 6.45) is 3.61. The third-order valence-electron chi connectivity index (χ3n) is 4.47. The second-order valence-electron chi connectivity index (χ2n) is 6.40. The van der Waals surface area contributed by atoms with Gasteiger partial charge in [-0.05, 0) is 44.2 Å². The number of hydrogen-bond donors (Lipinski definition) is 1. The summed E-state index contributed by atoms with van der Waals surface area (Å²) in [7, 11) is 0. The van der Waals surface area contributed by atoms with E-state index in [0.29, 0.717) is 34.4 Å². The van der Waals surface area contributed by atoms with Gasteiger partial charge in [-0.3, -0.25) is 9.48 Å². The zero-order chi connectivity index (χ0) is 19.7. The highest BCUT2D eigenvalue weighted by molar-refractivity contribution is 6.06. The first-order valence-corrected chi connectivity index (χ1v) is 8.87. The summed E-state index contributed by atoms with van der Waals surface area (Å²) in [5.74, 6) is -0.614. The van der Waals surface area contributed by atoms with Gasteiger partial charge in [0, 0.05) is 30.4 Å². The van der Waals surface area contributed by atoms with Crippen molar-refractivity contribution < 1.29 is 13.7 Å². The third kappa shape index (κ3) is 3.36. The van der Waals surface area contributed by atoms with E-state index >= 15 is 0 Å². The van der Waals surface area contributed by atoms with Crippen LogP contribution in [0, 0.1) is 12.7 Å². The van der Waals surface area contributed by atoms with Crippen LogP contribution in [-0.2, 0) is 13.1 Å². The van der Waals surface area contributed by atoms with Gasteiger partial charge < -0.3 is 9.84 Å². The van der Waals surface area contributed by atoms with E-state index in [4.69, 9.17) is 4.52 Å². The second-order valence-corrected chi connectivity index (χ2v) is 6.40. The van der Waals surface area contributed by atoms with E-state index in [0.717, 1.165) is 12.1 Å². The van der Waals surface area contributed by atoms with Crippen molar-refractivity contribution in [2.75, 3.05) is 0 Å². The quantitative estimate of drug-likeness (QED) is 0.574. The third-order valence-corrected chi connectivity index (χ3v) is 4.47. The number of pyridine rings is 1. The average molecular weight is 379 g/mol. The van der Waals surface area contributed by atoms with Crippen LogP contribution in [0.5, 0.6) is 0 Å². The van der Waals surface area contributed by atoms with Crippen molar-refractivity contribution in [3.8, 4) is 11.3 Å². The predicted octanol–water partition coefficient (Wildman–Crippen LogP) is 3.48. The predicted molar refractivity (Wildman–Crippen MR) is 101 cm³/mol. The Labute approximate surface area is 160 Å². The number of carbonyl (C=O) groups excluding carboxylic acids is 1. The molecule has 1 N–H and O–H groups in total. The fourth-order valence-electron chi connectivity index (χ4n) is 2.99. The van der Waals surface area contributed by atoms with Crippen LogP contribution in [-0.4, -0.2) is 25.8 Å². The summed E-state index contributed by atoms with van der Waals surface area (Å²) in [6.45, 7) is 4.86. The first-order valence-electron chi connectivity index (χ1n) is 8.87. The molecule has 0 aliphatic rings. The average Bonchev–Trinajstić information content (AvgIpc) is 3.32. The maximum absolute atomic E-state index is 13.2. The lowest BCUT2D eigenvalue weighted by atomic mass is 10.0. The van der Waals surface area contributed by atoms with Crippen LogP contribution in [0.25, 0.3) is 22.4 Å². The van der Waals surface area contributed by atoms with Crippen LogP contribution < -0.4 is 5.32 Å². The molecule has 0 atom stereocenters. The highest BCUT2D eigenvalue weighted by atomic mass is 19.1. The van der Waals surface area contributed by atoms with Gasteiger partial charge in [0.1, 0.15) is 5.82 Å². The SMILES string of the molecule is CCn1cc(CNC(=O)c2cc(-c3ccc(F)cc3)nc3onc(C)c23)cn1. The maximum atomic E-state index is 13.2. The molecule has 0 bridgehead atoms. The van der Waals surface area contributed by atoms with E-state index in [1.807, 2.05) is 13.1 Å². The fraction of sp³-hybridized carbons (Fsp3) is 0.200. The number of carbonyl (C=O) groups is 1. The molecule has 3 heterocycles. The van der Waals surface area contributed by atoms with Crippen molar-refractivity contribution in [1.82, 2.24) is 25.2 Å².